The van der Waals surface area contributed by atoms with E-state index in [2.05, 4.69) is 20.8 Å². The van der Waals surface area contributed by atoms with Crippen molar-refractivity contribution >= 4 is 0 Å². The predicted molar refractivity (Wildman–Crippen MR) is 64.0 cm³/mol. The fraction of sp³-hybridized carbons (Fsp3) is 0.571. The van der Waals surface area contributed by atoms with Crippen LogP contribution in [0.5, 0.6) is 0 Å². The molecular formula is C14H19F3. The van der Waals surface area contributed by atoms with E-state index < -0.39 is 11.7 Å². The van der Waals surface area contributed by atoms with Crippen LogP contribution in [0.25, 0.3) is 0 Å². The Kier molecular flexibility index (Phi) is 4.23. The van der Waals surface area contributed by atoms with E-state index in [9.17, 15) is 13.2 Å². The SMILES string of the molecule is CCCC(C)(CC)c1ccc(C(F)(F)F)cc1. The third-order valence-electron chi connectivity index (χ3n) is 3.49. The number of hydrogen-bond acceptors (Lipinski definition) is 0. The second kappa shape index (κ2) is 5.11. The Bertz CT molecular complexity index is 351. The molecule has 1 unspecified atom stereocenters. The molecule has 1 rings (SSSR count). The average Bonchev–Trinajstić information content (AvgIpc) is 2.28. The van der Waals surface area contributed by atoms with Gasteiger partial charge in [0.1, 0.15) is 0 Å². The highest BCUT2D eigenvalue weighted by Gasteiger charge is 2.31. The van der Waals surface area contributed by atoms with Crippen molar-refractivity contribution in [2.75, 3.05) is 0 Å². The molecule has 0 bridgehead atoms. The maximum atomic E-state index is 12.4. The molecule has 0 amide bonds. The summed E-state index contributed by atoms with van der Waals surface area (Å²) in [4.78, 5) is 0. The summed E-state index contributed by atoms with van der Waals surface area (Å²) >= 11 is 0. The Morgan fingerprint density at radius 1 is 0.941 bits per heavy atom. The van der Waals surface area contributed by atoms with E-state index in [1.165, 1.54) is 12.1 Å². The first-order valence-corrected chi connectivity index (χ1v) is 6.01. The van der Waals surface area contributed by atoms with Gasteiger partial charge in [-0.25, -0.2) is 0 Å². The Labute approximate surface area is 101 Å². The third kappa shape index (κ3) is 3.24. The van der Waals surface area contributed by atoms with Gasteiger partial charge in [0.2, 0.25) is 0 Å². The highest BCUT2D eigenvalue weighted by Crippen LogP contribution is 2.35. The summed E-state index contributed by atoms with van der Waals surface area (Å²) in [6, 6.07) is 5.59. The van der Waals surface area contributed by atoms with Crippen LogP contribution >= 0.6 is 0 Å². The number of rotatable bonds is 4. The molecule has 1 aromatic carbocycles. The molecule has 0 N–H and O–H groups in total. The molecule has 0 aromatic heterocycles. The minimum absolute atomic E-state index is 0.0150. The Balaban J connectivity index is 3.01. The summed E-state index contributed by atoms with van der Waals surface area (Å²) in [5, 5.41) is 0. The van der Waals surface area contributed by atoms with Crippen molar-refractivity contribution in [3.05, 3.63) is 35.4 Å². The molecular weight excluding hydrogens is 225 g/mol. The standard InChI is InChI=1S/C14H19F3/c1-4-10-13(3,5-2)11-6-8-12(9-7-11)14(15,16)17/h6-9H,4-5,10H2,1-3H3. The summed E-state index contributed by atoms with van der Waals surface area (Å²) in [7, 11) is 0. The first-order valence-electron chi connectivity index (χ1n) is 6.01. The van der Waals surface area contributed by atoms with E-state index in [1.54, 1.807) is 12.1 Å². The molecule has 96 valence electrons. The van der Waals surface area contributed by atoms with Crippen molar-refractivity contribution in [2.24, 2.45) is 0 Å². The zero-order valence-corrected chi connectivity index (χ0v) is 10.6. The summed E-state index contributed by atoms with van der Waals surface area (Å²) in [6.45, 7) is 6.28. The molecule has 0 saturated carbocycles. The van der Waals surface area contributed by atoms with Crippen LogP contribution in [-0.2, 0) is 11.6 Å². The maximum absolute atomic E-state index is 12.4. The number of alkyl halides is 3. The van der Waals surface area contributed by atoms with Gasteiger partial charge in [-0.15, -0.1) is 0 Å². The molecule has 0 radical (unpaired) electrons. The summed E-state index contributed by atoms with van der Waals surface area (Å²) < 4.78 is 37.3. The van der Waals surface area contributed by atoms with Gasteiger partial charge in [0, 0.05) is 0 Å². The van der Waals surface area contributed by atoms with Gasteiger partial charge < -0.3 is 0 Å². The lowest BCUT2D eigenvalue weighted by Gasteiger charge is -2.28. The van der Waals surface area contributed by atoms with Crippen LogP contribution in [0.2, 0.25) is 0 Å². The Morgan fingerprint density at radius 3 is 1.76 bits per heavy atom. The van der Waals surface area contributed by atoms with Crippen LogP contribution in [0.15, 0.2) is 24.3 Å². The van der Waals surface area contributed by atoms with E-state index in [-0.39, 0.29) is 5.41 Å². The normalized spacial score (nSPS) is 15.6. The maximum Gasteiger partial charge on any atom is 0.416 e. The summed E-state index contributed by atoms with van der Waals surface area (Å²) in [5.41, 5.74) is 0.407. The van der Waals surface area contributed by atoms with Crippen LogP contribution in [0.4, 0.5) is 13.2 Å². The largest absolute Gasteiger partial charge is 0.416 e. The second-order valence-corrected chi connectivity index (χ2v) is 4.74. The first kappa shape index (κ1) is 14.1. The Hall–Kier alpha value is -0.990. The minimum Gasteiger partial charge on any atom is -0.166 e. The number of benzene rings is 1. The molecule has 0 nitrogen and oxygen atoms in total. The van der Waals surface area contributed by atoms with Gasteiger partial charge >= 0.3 is 6.18 Å². The van der Waals surface area contributed by atoms with E-state index >= 15 is 0 Å². The molecule has 1 atom stereocenters. The molecule has 0 saturated heterocycles. The van der Waals surface area contributed by atoms with Crippen LogP contribution in [-0.4, -0.2) is 0 Å². The van der Waals surface area contributed by atoms with Gasteiger partial charge in [-0.05, 0) is 36.0 Å². The monoisotopic (exact) mass is 244 g/mol. The molecule has 0 aliphatic heterocycles. The second-order valence-electron chi connectivity index (χ2n) is 4.74. The van der Waals surface area contributed by atoms with Gasteiger partial charge in [0.15, 0.2) is 0 Å². The van der Waals surface area contributed by atoms with Crippen molar-refractivity contribution in [1.29, 1.82) is 0 Å². The zero-order valence-electron chi connectivity index (χ0n) is 10.6. The molecule has 3 heteroatoms. The van der Waals surface area contributed by atoms with Gasteiger partial charge in [0.25, 0.3) is 0 Å². The lowest BCUT2D eigenvalue weighted by molar-refractivity contribution is -0.137. The number of halogens is 3. The van der Waals surface area contributed by atoms with Crippen molar-refractivity contribution in [2.45, 2.75) is 51.6 Å². The fourth-order valence-corrected chi connectivity index (χ4v) is 2.14. The van der Waals surface area contributed by atoms with Crippen LogP contribution in [0.1, 0.15) is 51.2 Å². The van der Waals surface area contributed by atoms with Crippen molar-refractivity contribution < 1.29 is 13.2 Å². The molecule has 0 fully saturated rings. The average molecular weight is 244 g/mol. The lowest BCUT2D eigenvalue weighted by Crippen LogP contribution is -2.20. The van der Waals surface area contributed by atoms with Gasteiger partial charge in [-0.1, -0.05) is 39.3 Å². The topological polar surface area (TPSA) is 0 Å². The first-order chi connectivity index (χ1) is 7.83. The number of hydrogen-bond donors (Lipinski definition) is 0. The summed E-state index contributed by atoms with van der Waals surface area (Å²) in [6.07, 6.45) is -1.28. The molecule has 1 aromatic rings. The zero-order chi connectivity index (χ0) is 13.1. The van der Waals surface area contributed by atoms with Gasteiger partial charge in [0.05, 0.1) is 5.56 Å². The van der Waals surface area contributed by atoms with E-state index in [0.717, 1.165) is 24.8 Å². The molecule has 0 aliphatic carbocycles. The molecule has 0 heterocycles. The Morgan fingerprint density at radius 2 is 1.41 bits per heavy atom. The quantitative estimate of drug-likeness (QED) is 0.685. The lowest BCUT2D eigenvalue weighted by atomic mass is 9.76. The minimum atomic E-state index is -4.24. The van der Waals surface area contributed by atoms with Crippen molar-refractivity contribution in [1.82, 2.24) is 0 Å². The summed E-state index contributed by atoms with van der Waals surface area (Å²) in [5.74, 6) is 0. The van der Waals surface area contributed by atoms with Crippen LogP contribution in [0.3, 0.4) is 0 Å². The third-order valence-corrected chi connectivity index (χ3v) is 3.49. The van der Waals surface area contributed by atoms with E-state index in [4.69, 9.17) is 0 Å². The van der Waals surface area contributed by atoms with Crippen molar-refractivity contribution in [3.8, 4) is 0 Å². The smallest absolute Gasteiger partial charge is 0.166 e. The van der Waals surface area contributed by atoms with Crippen LogP contribution < -0.4 is 0 Å². The highest BCUT2D eigenvalue weighted by molar-refractivity contribution is 5.30. The van der Waals surface area contributed by atoms with Gasteiger partial charge in [-0.3, -0.25) is 0 Å². The van der Waals surface area contributed by atoms with Crippen molar-refractivity contribution in [3.63, 3.8) is 0 Å². The van der Waals surface area contributed by atoms with E-state index in [1.807, 2.05) is 0 Å². The molecule has 0 spiro atoms. The molecule has 17 heavy (non-hydrogen) atoms. The predicted octanol–water partition coefficient (Wildman–Crippen LogP) is 5.17. The van der Waals surface area contributed by atoms with Gasteiger partial charge in [-0.2, -0.15) is 13.2 Å². The van der Waals surface area contributed by atoms with Crippen LogP contribution in [0, 0.1) is 0 Å². The molecule has 0 aliphatic rings. The van der Waals surface area contributed by atoms with E-state index in [0.29, 0.717) is 0 Å². The fourth-order valence-electron chi connectivity index (χ4n) is 2.14. The highest BCUT2D eigenvalue weighted by atomic mass is 19.4.